The lowest BCUT2D eigenvalue weighted by Gasteiger charge is -2.06. The zero-order valence-electron chi connectivity index (χ0n) is 15.7. The Labute approximate surface area is 168 Å². The summed E-state index contributed by atoms with van der Waals surface area (Å²) in [5.74, 6) is 2.03. The number of pyridine rings is 1. The minimum Gasteiger partial charge on any atom is -0.489 e. The number of benzene rings is 2. The summed E-state index contributed by atoms with van der Waals surface area (Å²) in [6.45, 7) is 1.12. The molecule has 2 heterocycles. The van der Waals surface area contributed by atoms with E-state index in [-0.39, 0.29) is 12.7 Å². The van der Waals surface area contributed by atoms with Crippen LogP contribution in [0.15, 0.2) is 73.1 Å². The Hall–Kier alpha value is -3.80. The van der Waals surface area contributed by atoms with Crippen molar-refractivity contribution in [2.75, 3.05) is 6.79 Å². The Bertz CT molecular complexity index is 1000. The number of nitrogens with zero attached hydrogens (tertiary/aromatic N) is 1. The molecule has 0 atom stereocenters. The number of ether oxygens (including phenoxy) is 3. The third kappa shape index (κ3) is 5.13. The summed E-state index contributed by atoms with van der Waals surface area (Å²) in [5.41, 5.74) is 2.87. The van der Waals surface area contributed by atoms with Crippen LogP contribution in [-0.4, -0.2) is 17.7 Å². The highest BCUT2D eigenvalue weighted by Gasteiger charge is 2.13. The molecule has 1 aromatic heterocycles. The number of aromatic nitrogens is 1. The molecule has 0 aliphatic carbocycles. The fraction of sp³-hybridized carbons (Fsp3) is 0.130. The van der Waals surface area contributed by atoms with Crippen molar-refractivity contribution in [3.05, 3.63) is 89.8 Å². The zero-order valence-corrected chi connectivity index (χ0v) is 15.7. The van der Waals surface area contributed by atoms with Crippen molar-refractivity contribution < 1.29 is 19.0 Å². The van der Waals surface area contributed by atoms with E-state index in [1.54, 1.807) is 18.5 Å². The topological polar surface area (TPSA) is 69.7 Å². The summed E-state index contributed by atoms with van der Waals surface area (Å²) >= 11 is 0. The van der Waals surface area contributed by atoms with Gasteiger partial charge in [0.2, 0.25) is 12.7 Å². The lowest BCUT2D eigenvalue weighted by Crippen LogP contribution is -2.20. The molecule has 0 bridgehead atoms. The van der Waals surface area contributed by atoms with Gasteiger partial charge in [0.05, 0.1) is 0 Å². The normalized spacial score (nSPS) is 12.1. The Morgan fingerprint density at radius 3 is 2.76 bits per heavy atom. The molecule has 2 aromatic carbocycles. The smallest absolute Gasteiger partial charge is 0.244 e. The van der Waals surface area contributed by atoms with Crippen molar-refractivity contribution in [1.29, 1.82) is 0 Å². The first-order chi connectivity index (χ1) is 14.3. The molecule has 1 N–H and O–H groups in total. The monoisotopic (exact) mass is 388 g/mol. The number of carbonyl (C=O) groups is 1. The molecule has 0 saturated carbocycles. The zero-order chi connectivity index (χ0) is 19.9. The summed E-state index contributed by atoms with van der Waals surface area (Å²) in [5, 5.41) is 2.86. The number of rotatable bonds is 7. The lowest BCUT2D eigenvalue weighted by atomic mass is 10.2. The van der Waals surface area contributed by atoms with Crippen molar-refractivity contribution in [2.24, 2.45) is 0 Å². The van der Waals surface area contributed by atoms with E-state index >= 15 is 0 Å². The van der Waals surface area contributed by atoms with Gasteiger partial charge in [0.25, 0.3) is 0 Å². The first-order valence-electron chi connectivity index (χ1n) is 9.22. The van der Waals surface area contributed by atoms with Gasteiger partial charge in [-0.05, 0) is 47.5 Å². The number of hydrogen-bond donors (Lipinski definition) is 1. The van der Waals surface area contributed by atoms with Crippen molar-refractivity contribution in [1.82, 2.24) is 10.3 Å². The van der Waals surface area contributed by atoms with E-state index in [0.29, 0.717) is 18.9 Å². The van der Waals surface area contributed by atoms with Crippen LogP contribution >= 0.6 is 0 Å². The maximum absolute atomic E-state index is 12.1. The highest BCUT2D eigenvalue weighted by atomic mass is 16.7. The fourth-order valence-corrected chi connectivity index (χ4v) is 2.80. The highest BCUT2D eigenvalue weighted by molar-refractivity contribution is 5.91. The molecule has 0 unspecified atom stereocenters. The van der Waals surface area contributed by atoms with E-state index in [4.69, 9.17) is 14.2 Å². The summed E-state index contributed by atoms with van der Waals surface area (Å²) in [7, 11) is 0. The van der Waals surface area contributed by atoms with Gasteiger partial charge in [-0.15, -0.1) is 0 Å². The van der Waals surface area contributed by atoms with Crippen molar-refractivity contribution in [3.8, 4) is 17.2 Å². The third-order valence-corrected chi connectivity index (χ3v) is 4.34. The molecular weight excluding hydrogens is 368 g/mol. The molecule has 0 fully saturated rings. The molecule has 0 radical (unpaired) electrons. The predicted octanol–water partition coefficient (Wildman–Crippen LogP) is 3.72. The number of hydrogen-bond acceptors (Lipinski definition) is 5. The Morgan fingerprint density at radius 1 is 1.07 bits per heavy atom. The Kier molecular flexibility index (Phi) is 5.71. The van der Waals surface area contributed by atoms with E-state index in [9.17, 15) is 4.79 Å². The van der Waals surface area contributed by atoms with Crippen molar-refractivity contribution >= 4 is 12.0 Å². The number of carbonyl (C=O) groups excluding carboxylic acids is 1. The SMILES string of the molecule is O=C(/C=C/c1ccc(OCc2cccnc2)cc1)NCc1ccc2c(c1)OCO2. The van der Waals surface area contributed by atoms with Gasteiger partial charge >= 0.3 is 0 Å². The molecule has 1 amide bonds. The van der Waals surface area contributed by atoms with Crippen molar-refractivity contribution in [2.45, 2.75) is 13.2 Å². The molecule has 146 valence electrons. The molecule has 0 spiro atoms. The van der Waals surface area contributed by atoms with Crippen LogP contribution in [0.25, 0.3) is 6.08 Å². The highest BCUT2D eigenvalue weighted by Crippen LogP contribution is 2.32. The van der Waals surface area contributed by atoms with Gasteiger partial charge in [-0.2, -0.15) is 0 Å². The van der Waals surface area contributed by atoms with Crippen LogP contribution in [0.3, 0.4) is 0 Å². The van der Waals surface area contributed by atoms with Gasteiger partial charge in [0.1, 0.15) is 12.4 Å². The van der Waals surface area contributed by atoms with Gasteiger partial charge in [-0.25, -0.2) is 0 Å². The van der Waals surface area contributed by atoms with Gasteiger partial charge < -0.3 is 19.5 Å². The van der Waals surface area contributed by atoms with Crippen LogP contribution in [0.1, 0.15) is 16.7 Å². The van der Waals surface area contributed by atoms with E-state index in [1.807, 2.05) is 54.6 Å². The van der Waals surface area contributed by atoms with Crippen molar-refractivity contribution in [3.63, 3.8) is 0 Å². The maximum Gasteiger partial charge on any atom is 0.244 e. The van der Waals surface area contributed by atoms with Gasteiger partial charge in [-0.1, -0.05) is 24.3 Å². The minimum atomic E-state index is -0.167. The minimum absolute atomic E-state index is 0.167. The second-order valence-corrected chi connectivity index (χ2v) is 6.46. The summed E-state index contributed by atoms with van der Waals surface area (Å²) in [4.78, 5) is 16.1. The molecular formula is C23H20N2O4. The summed E-state index contributed by atoms with van der Waals surface area (Å²) in [6, 6.07) is 17.0. The van der Waals surface area contributed by atoms with Crippen LogP contribution in [0.2, 0.25) is 0 Å². The molecule has 1 aliphatic heterocycles. The van der Waals surface area contributed by atoms with E-state index in [2.05, 4.69) is 10.3 Å². The summed E-state index contributed by atoms with van der Waals surface area (Å²) < 4.78 is 16.4. The molecule has 6 heteroatoms. The van der Waals surface area contributed by atoms with E-state index < -0.39 is 0 Å². The molecule has 6 nitrogen and oxygen atoms in total. The van der Waals surface area contributed by atoms with Crippen LogP contribution in [-0.2, 0) is 17.9 Å². The third-order valence-electron chi connectivity index (χ3n) is 4.34. The van der Waals surface area contributed by atoms with E-state index in [1.165, 1.54) is 6.08 Å². The predicted molar refractivity (Wildman–Crippen MR) is 108 cm³/mol. The molecule has 4 rings (SSSR count). The standard InChI is InChI=1S/C23H20N2O4/c26-23(25-14-18-5-9-21-22(12-18)29-16-28-21)10-6-17-3-7-20(8-4-17)27-15-19-2-1-11-24-13-19/h1-13H,14-16H2,(H,25,26)/b10-6+. The molecule has 3 aromatic rings. The molecule has 0 saturated heterocycles. The largest absolute Gasteiger partial charge is 0.489 e. The molecule has 29 heavy (non-hydrogen) atoms. The fourth-order valence-electron chi connectivity index (χ4n) is 2.80. The van der Waals surface area contributed by atoms with Gasteiger partial charge in [0, 0.05) is 30.6 Å². The quantitative estimate of drug-likeness (QED) is 0.625. The van der Waals surface area contributed by atoms with Crippen LogP contribution < -0.4 is 19.5 Å². The number of nitrogens with one attached hydrogen (secondary N) is 1. The van der Waals surface area contributed by atoms with Crippen LogP contribution in [0.5, 0.6) is 17.2 Å². The average Bonchev–Trinajstić information content (AvgIpc) is 3.24. The van der Waals surface area contributed by atoms with Crippen LogP contribution in [0, 0.1) is 0 Å². The maximum atomic E-state index is 12.1. The second-order valence-electron chi connectivity index (χ2n) is 6.46. The number of fused-ring (bicyclic) bond motifs is 1. The van der Waals surface area contributed by atoms with Gasteiger partial charge in [0.15, 0.2) is 11.5 Å². The average molecular weight is 388 g/mol. The second kappa shape index (κ2) is 8.93. The van der Waals surface area contributed by atoms with Gasteiger partial charge in [-0.3, -0.25) is 9.78 Å². The first kappa shape index (κ1) is 18.6. The first-order valence-corrected chi connectivity index (χ1v) is 9.22. The molecule has 1 aliphatic rings. The lowest BCUT2D eigenvalue weighted by molar-refractivity contribution is -0.116. The Balaban J connectivity index is 1.25. The summed E-state index contributed by atoms with van der Waals surface area (Å²) in [6.07, 6.45) is 6.79. The van der Waals surface area contributed by atoms with Crippen LogP contribution in [0.4, 0.5) is 0 Å². The van der Waals surface area contributed by atoms with E-state index in [0.717, 1.165) is 28.2 Å². The Morgan fingerprint density at radius 2 is 1.93 bits per heavy atom. The number of amides is 1.